The van der Waals surface area contributed by atoms with Crippen LogP contribution in [0, 0.1) is 0 Å². The minimum absolute atomic E-state index is 0.0212. The quantitative estimate of drug-likeness (QED) is 0.724. The van der Waals surface area contributed by atoms with Crippen molar-refractivity contribution in [3.8, 4) is 0 Å². The van der Waals surface area contributed by atoms with Crippen molar-refractivity contribution in [3.05, 3.63) is 0 Å². The molecule has 2 atom stereocenters. The molecule has 18 heavy (non-hydrogen) atoms. The van der Waals surface area contributed by atoms with E-state index >= 15 is 0 Å². The Morgan fingerprint density at radius 1 is 1.22 bits per heavy atom. The second kappa shape index (κ2) is 6.50. The maximum absolute atomic E-state index is 11.9. The van der Waals surface area contributed by atoms with Gasteiger partial charge in [0.25, 0.3) is 0 Å². The third-order valence-corrected chi connectivity index (χ3v) is 4.01. The van der Waals surface area contributed by atoms with Crippen molar-refractivity contribution in [2.75, 3.05) is 39.8 Å². The maximum Gasteiger partial charge on any atom is 0.234 e. The van der Waals surface area contributed by atoms with Gasteiger partial charge in [-0.2, -0.15) is 0 Å². The highest BCUT2D eigenvalue weighted by atomic mass is 16.3. The van der Waals surface area contributed by atoms with Crippen LogP contribution in [0.25, 0.3) is 0 Å². The van der Waals surface area contributed by atoms with Crippen LogP contribution in [0.2, 0.25) is 0 Å². The molecule has 1 amide bonds. The Morgan fingerprint density at radius 2 is 2.06 bits per heavy atom. The van der Waals surface area contributed by atoms with Gasteiger partial charge in [-0.05, 0) is 45.8 Å². The number of aliphatic hydroxyl groups excluding tert-OH is 1. The Morgan fingerprint density at radius 3 is 2.78 bits per heavy atom. The molecule has 0 radical (unpaired) electrons. The lowest BCUT2D eigenvalue weighted by Gasteiger charge is -2.22. The Labute approximate surface area is 109 Å². The molecule has 0 aromatic carbocycles. The van der Waals surface area contributed by atoms with Crippen LogP contribution in [0.3, 0.4) is 0 Å². The topological polar surface area (TPSA) is 55.8 Å². The predicted molar refractivity (Wildman–Crippen MR) is 70.3 cm³/mol. The SMILES string of the molecule is CN1CCCN(CC(=O)N[C@H]2CCC[C@H]2O)CC1. The Hall–Kier alpha value is -0.650. The molecule has 0 bridgehead atoms. The Balaban J connectivity index is 1.73. The summed E-state index contributed by atoms with van der Waals surface area (Å²) in [6.07, 6.45) is 3.52. The van der Waals surface area contributed by atoms with Crippen molar-refractivity contribution in [3.63, 3.8) is 0 Å². The van der Waals surface area contributed by atoms with Crippen LogP contribution >= 0.6 is 0 Å². The lowest BCUT2D eigenvalue weighted by Crippen LogP contribution is -2.45. The van der Waals surface area contributed by atoms with Crippen molar-refractivity contribution in [1.29, 1.82) is 0 Å². The molecule has 104 valence electrons. The zero-order chi connectivity index (χ0) is 13.0. The molecule has 1 aliphatic carbocycles. The first-order valence-corrected chi connectivity index (χ1v) is 7.03. The van der Waals surface area contributed by atoms with Crippen LogP contribution in [-0.2, 0) is 4.79 Å². The third kappa shape index (κ3) is 3.93. The van der Waals surface area contributed by atoms with Gasteiger partial charge in [0.2, 0.25) is 5.91 Å². The summed E-state index contributed by atoms with van der Waals surface area (Å²) in [6, 6.07) is -0.0212. The minimum atomic E-state index is -0.343. The van der Waals surface area contributed by atoms with Crippen LogP contribution in [0.15, 0.2) is 0 Å². The molecule has 2 aliphatic rings. The van der Waals surface area contributed by atoms with Gasteiger partial charge in [-0.3, -0.25) is 9.69 Å². The van der Waals surface area contributed by atoms with E-state index < -0.39 is 0 Å². The number of rotatable bonds is 3. The fourth-order valence-corrected chi connectivity index (χ4v) is 2.82. The summed E-state index contributed by atoms with van der Waals surface area (Å²) in [6.45, 7) is 4.55. The van der Waals surface area contributed by atoms with Crippen LogP contribution in [0.1, 0.15) is 25.7 Å². The molecule has 2 N–H and O–H groups in total. The number of hydrogen-bond donors (Lipinski definition) is 2. The Bertz CT molecular complexity index is 285. The number of nitrogens with zero attached hydrogens (tertiary/aromatic N) is 2. The number of carbonyl (C=O) groups excluding carboxylic acids is 1. The largest absolute Gasteiger partial charge is 0.391 e. The van der Waals surface area contributed by atoms with E-state index in [1.54, 1.807) is 0 Å². The highest BCUT2D eigenvalue weighted by Gasteiger charge is 2.27. The average Bonchev–Trinajstić information content (AvgIpc) is 2.59. The number of nitrogens with one attached hydrogen (secondary N) is 1. The normalized spacial score (nSPS) is 31.2. The first-order valence-electron chi connectivity index (χ1n) is 7.03. The van der Waals surface area contributed by atoms with Gasteiger partial charge in [0, 0.05) is 13.1 Å². The van der Waals surface area contributed by atoms with E-state index in [-0.39, 0.29) is 18.1 Å². The van der Waals surface area contributed by atoms with Gasteiger partial charge >= 0.3 is 0 Å². The number of likely N-dealkylation sites (N-methyl/N-ethyl adjacent to an activating group) is 1. The zero-order valence-electron chi connectivity index (χ0n) is 11.3. The molecular weight excluding hydrogens is 230 g/mol. The first-order chi connectivity index (χ1) is 8.65. The monoisotopic (exact) mass is 255 g/mol. The predicted octanol–water partition coefficient (Wildman–Crippen LogP) is -0.346. The fraction of sp³-hybridized carbons (Fsp3) is 0.923. The average molecular weight is 255 g/mol. The number of aliphatic hydroxyl groups is 1. The molecule has 1 saturated carbocycles. The van der Waals surface area contributed by atoms with Crippen molar-refractivity contribution < 1.29 is 9.90 Å². The molecule has 5 nitrogen and oxygen atoms in total. The third-order valence-electron chi connectivity index (χ3n) is 4.01. The molecule has 5 heteroatoms. The van der Waals surface area contributed by atoms with E-state index in [9.17, 15) is 9.90 Å². The molecule has 0 unspecified atom stereocenters. The number of amides is 1. The van der Waals surface area contributed by atoms with E-state index in [2.05, 4.69) is 22.2 Å². The second-order valence-corrected chi connectivity index (χ2v) is 5.61. The van der Waals surface area contributed by atoms with Gasteiger partial charge in [0.15, 0.2) is 0 Å². The fourth-order valence-electron chi connectivity index (χ4n) is 2.82. The van der Waals surface area contributed by atoms with E-state index in [1.807, 2.05) is 0 Å². The highest BCUT2D eigenvalue weighted by Crippen LogP contribution is 2.18. The van der Waals surface area contributed by atoms with Gasteiger partial charge in [-0.15, -0.1) is 0 Å². The zero-order valence-corrected chi connectivity index (χ0v) is 11.3. The highest BCUT2D eigenvalue weighted by molar-refractivity contribution is 5.78. The molecular formula is C13H25N3O2. The van der Waals surface area contributed by atoms with E-state index in [4.69, 9.17) is 0 Å². The standard InChI is InChI=1S/C13H25N3O2/c1-15-6-3-7-16(9-8-15)10-13(18)14-11-4-2-5-12(11)17/h11-12,17H,2-10H2,1H3,(H,14,18)/t11-,12+/m0/s1. The molecule has 1 saturated heterocycles. The molecule has 2 rings (SSSR count). The van der Waals surface area contributed by atoms with Gasteiger partial charge < -0.3 is 15.3 Å². The minimum Gasteiger partial charge on any atom is -0.391 e. The first kappa shape index (κ1) is 13.8. The van der Waals surface area contributed by atoms with E-state index in [0.717, 1.165) is 51.9 Å². The maximum atomic E-state index is 11.9. The second-order valence-electron chi connectivity index (χ2n) is 5.61. The van der Waals surface area contributed by atoms with Gasteiger partial charge in [-0.1, -0.05) is 0 Å². The molecule has 2 fully saturated rings. The summed E-state index contributed by atoms with van der Waals surface area (Å²) in [5.74, 6) is 0.0607. The van der Waals surface area contributed by atoms with E-state index in [1.165, 1.54) is 0 Å². The summed E-state index contributed by atoms with van der Waals surface area (Å²) in [5.41, 5.74) is 0. The lowest BCUT2D eigenvalue weighted by molar-refractivity contribution is -0.123. The molecule has 0 spiro atoms. The van der Waals surface area contributed by atoms with Crippen LogP contribution in [0.5, 0.6) is 0 Å². The summed E-state index contributed by atoms with van der Waals surface area (Å²) in [7, 11) is 2.12. The molecule has 1 aliphatic heterocycles. The van der Waals surface area contributed by atoms with Crippen LogP contribution in [0.4, 0.5) is 0 Å². The van der Waals surface area contributed by atoms with Crippen molar-refractivity contribution in [2.45, 2.75) is 37.8 Å². The summed E-state index contributed by atoms with van der Waals surface area (Å²) < 4.78 is 0. The summed E-state index contributed by atoms with van der Waals surface area (Å²) >= 11 is 0. The smallest absolute Gasteiger partial charge is 0.234 e. The summed E-state index contributed by atoms with van der Waals surface area (Å²) in [4.78, 5) is 16.4. The van der Waals surface area contributed by atoms with Crippen LogP contribution in [-0.4, -0.2) is 72.7 Å². The van der Waals surface area contributed by atoms with Crippen molar-refractivity contribution in [1.82, 2.24) is 15.1 Å². The molecule has 0 aromatic rings. The number of hydrogen-bond acceptors (Lipinski definition) is 4. The van der Waals surface area contributed by atoms with Crippen molar-refractivity contribution >= 4 is 5.91 Å². The van der Waals surface area contributed by atoms with Crippen molar-refractivity contribution in [2.24, 2.45) is 0 Å². The van der Waals surface area contributed by atoms with Gasteiger partial charge in [-0.25, -0.2) is 0 Å². The van der Waals surface area contributed by atoms with Gasteiger partial charge in [0.1, 0.15) is 0 Å². The van der Waals surface area contributed by atoms with Crippen LogP contribution < -0.4 is 5.32 Å². The van der Waals surface area contributed by atoms with Gasteiger partial charge in [0.05, 0.1) is 18.7 Å². The molecule has 1 heterocycles. The summed E-state index contributed by atoms with van der Waals surface area (Å²) in [5, 5.41) is 12.7. The lowest BCUT2D eigenvalue weighted by atomic mass is 10.2. The molecule has 0 aromatic heterocycles. The Kier molecular flexibility index (Phi) is 4.97. The number of carbonyl (C=O) groups is 1. The van der Waals surface area contributed by atoms with E-state index in [0.29, 0.717) is 6.54 Å².